The van der Waals surface area contributed by atoms with Crippen LogP contribution >= 0.6 is 12.2 Å². The minimum Gasteiger partial charge on any atom is -0.485 e. The first-order valence-electron chi connectivity index (χ1n) is 9.24. The van der Waals surface area contributed by atoms with Crippen molar-refractivity contribution >= 4 is 18.3 Å². The number of hydrogen-bond donors (Lipinski definition) is 0. The molecule has 1 atom stereocenters. The Labute approximate surface area is 167 Å². The van der Waals surface area contributed by atoms with Crippen LogP contribution in [0.25, 0.3) is 0 Å². The smallest absolute Gasteiger partial charge is 0.409 e. The Kier molecular flexibility index (Phi) is 5.49. The summed E-state index contributed by atoms with van der Waals surface area (Å²) in [5, 5.41) is 4.48. The molecule has 2 aliphatic rings. The first-order valence-corrected chi connectivity index (χ1v) is 9.65. The zero-order valence-electron chi connectivity index (χ0n) is 15.6. The fraction of sp³-hybridized carbons (Fsp3) is 0.500. The fourth-order valence-corrected chi connectivity index (χ4v) is 3.34. The molecule has 10 heteroatoms. The number of rotatable bonds is 4. The molecule has 0 N–H and O–H groups in total. The third-order valence-electron chi connectivity index (χ3n) is 4.64. The van der Waals surface area contributed by atoms with Gasteiger partial charge in [0, 0.05) is 26.2 Å². The number of ether oxygens (including phenoxy) is 3. The third kappa shape index (κ3) is 3.97. The molecule has 1 saturated heterocycles. The molecule has 1 aromatic carbocycles. The van der Waals surface area contributed by atoms with E-state index in [9.17, 15) is 4.79 Å². The number of hydrogen-bond acceptors (Lipinski definition) is 8. The monoisotopic (exact) mass is 406 g/mol. The van der Waals surface area contributed by atoms with Crippen molar-refractivity contribution in [3.63, 3.8) is 0 Å². The Balaban J connectivity index is 1.37. The number of aromatic nitrogens is 2. The SMILES string of the molecule is CCOC(=O)N1CCN(Cn2nc([C@H]3COc4ccccc4O3)oc2=S)CC1. The van der Waals surface area contributed by atoms with Crippen molar-refractivity contribution in [1.29, 1.82) is 0 Å². The Morgan fingerprint density at radius 3 is 2.75 bits per heavy atom. The highest BCUT2D eigenvalue weighted by Gasteiger charge is 2.28. The van der Waals surface area contributed by atoms with Crippen molar-refractivity contribution in [2.45, 2.75) is 19.7 Å². The maximum absolute atomic E-state index is 11.8. The Morgan fingerprint density at radius 2 is 2.00 bits per heavy atom. The van der Waals surface area contributed by atoms with Gasteiger partial charge in [0.2, 0.25) is 6.10 Å². The van der Waals surface area contributed by atoms with Crippen LogP contribution in [0.15, 0.2) is 28.7 Å². The van der Waals surface area contributed by atoms with Gasteiger partial charge in [-0.05, 0) is 31.3 Å². The molecule has 1 amide bonds. The summed E-state index contributed by atoms with van der Waals surface area (Å²) in [5.41, 5.74) is 0. The Morgan fingerprint density at radius 1 is 1.25 bits per heavy atom. The summed E-state index contributed by atoms with van der Waals surface area (Å²) in [4.78, 5) is 15.9. The lowest BCUT2D eigenvalue weighted by Gasteiger charge is -2.33. The average molecular weight is 406 g/mol. The highest BCUT2D eigenvalue weighted by Crippen LogP contribution is 2.35. The van der Waals surface area contributed by atoms with E-state index in [1.54, 1.807) is 16.5 Å². The molecular weight excluding hydrogens is 384 g/mol. The molecule has 0 saturated carbocycles. The van der Waals surface area contributed by atoms with Crippen LogP contribution in [0.3, 0.4) is 0 Å². The van der Waals surface area contributed by atoms with Gasteiger partial charge in [0.1, 0.15) is 6.61 Å². The molecule has 28 heavy (non-hydrogen) atoms. The Hall–Kier alpha value is -2.59. The van der Waals surface area contributed by atoms with Crippen molar-refractivity contribution in [1.82, 2.24) is 19.6 Å². The molecule has 2 aliphatic heterocycles. The zero-order valence-corrected chi connectivity index (χ0v) is 16.4. The van der Waals surface area contributed by atoms with Gasteiger partial charge in [-0.25, -0.2) is 9.48 Å². The largest absolute Gasteiger partial charge is 0.485 e. The molecular formula is C18H22N4O5S. The molecule has 1 fully saturated rings. The maximum atomic E-state index is 11.8. The number of benzene rings is 1. The summed E-state index contributed by atoms with van der Waals surface area (Å²) in [6.07, 6.45) is -0.712. The van der Waals surface area contributed by atoms with E-state index in [1.165, 1.54) is 0 Å². The number of piperazine rings is 1. The number of carbonyl (C=O) groups excluding carboxylic acids is 1. The van der Waals surface area contributed by atoms with Gasteiger partial charge in [0.15, 0.2) is 11.5 Å². The van der Waals surface area contributed by atoms with Gasteiger partial charge in [0.05, 0.1) is 13.3 Å². The average Bonchev–Trinajstić information content (AvgIpc) is 3.08. The van der Waals surface area contributed by atoms with E-state index in [4.69, 9.17) is 30.8 Å². The summed E-state index contributed by atoms with van der Waals surface area (Å²) >= 11 is 5.31. The molecule has 2 aromatic rings. The normalized spacial score (nSPS) is 19.5. The van der Waals surface area contributed by atoms with Gasteiger partial charge in [-0.1, -0.05) is 12.1 Å². The standard InChI is InChI=1S/C18H22N4O5S/c1-2-24-17(23)21-9-7-20(8-10-21)12-22-18(28)27-16(19-22)15-11-25-13-5-3-4-6-14(13)26-15/h3-6,15H,2,7-12H2,1H3/t15-/m1/s1. The summed E-state index contributed by atoms with van der Waals surface area (Å²) in [5.74, 6) is 1.76. The van der Waals surface area contributed by atoms with Crippen LogP contribution in [0.5, 0.6) is 11.5 Å². The van der Waals surface area contributed by atoms with Crippen LogP contribution in [-0.4, -0.2) is 65.1 Å². The third-order valence-corrected chi connectivity index (χ3v) is 4.93. The lowest BCUT2D eigenvalue weighted by Crippen LogP contribution is -2.49. The summed E-state index contributed by atoms with van der Waals surface area (Å²) in [6.45, 7) is 5.61. The number of fused-ring (bicyclic) bond motifs is 1. The van der Waals surface area contributed by atoms with Gasteiger partial charge in [0.25, 0.3) is 10.7 Å². The van der Waals surface area contributed by atoms with Crippen molar-refractivity contribution in [3.8, 4) is 11.5 Å². The van der Waals surface area contributed by atoms with E-state index >= 15 is 0 Å². The van der Waals surface area contributed by atoms with E-state index in [0.29, 0.717) is 63.5 Å². The highest BCUT2D eigenvalue weighted by molar-refractivity contribution is 7.71. The molecule has 4 rings (SSSR count). The summed E-state index contributed by atoms with van der Waals surface area (Å²) in [6, 6.07) is 7.48. The van der Waals surface area contributed by atoms with Crippen molar-refractivity contribution in [2.24, 2.45) is 0 Å². The van der Waals surface area contributed by atoms with E-state index in [-0.39, 0.29) is 10.9 Å². The topological polar surface area (TPSA) is 82.2 Å². The first-order chi connectivity index (χ1) is 13.6. The molecule has 1 aromatic heterocycles. The van der Waals surface area contributed by atoms with Crippen LogP contribution in [0.4, 0.5) is 4.79 Å². The zero-order chi connectivity index (χ0) is 19.5. The van der Waals surface area contributed by atoms with Crippen LogP contribution in [0.2, 0.25) is 0 Å². The van der Waals surface area contributed by atoms with Crippen LogP contribution < -0.4 is 9.47 Å². The van der Waals surface area contributed by atoms with Gasteiger partial charge in [-0.15, -0.1) is 5.10 Å². The summed E-state index contributed by atoms with van der Waals surface area (Å²) < 4.78 is 24.0. The number of nitrogens with zero attached hydrogens (tertiary/aromatic N) is 4. The van der Waals surface area contributed by atoms with Crippen LogP contribution in [0, 0.1) is 4.84 Å². The molecule has 3 heterocycles. The van der Waals surface area contributed by atoms with E-state index in [1.807, 2.05) is 24.3 Å². The predicted molar refractivity (Wildman–Crippen MR) is 101 cm³/mol. The van der Waals surface area contributed by atoms with Crippen molar-refractivity contribution < 1.29 is 23.4 Å². The second kappa shape index (κ2) is 8.19. The second-order valence-electron chi connectivity index (χ2n) is 6.52. The van der Waals surface area contributed by atoms with Crippen molar-refractivity contribution in [3.05, 3.63) is 35.0 Å². The lowest BCUT2D eigenvalue weighted by atomic mass is 10.2. The van der Waals surface area contributed by atoms with Crippen LogP contribution in [-0.2, 0) is 11.4 Å². The number of para-hydroxylation sites is 2. The number of carbonyl (C=O) groups is 1. The van der Waals surface area contributed by atoms with E-state index in [2.05, 4.69) is 10.00 Å². The van der Waals surface area contributed by atoms with E-state index < -0.39 is 6.10 Å². The molecule has 0 bridgehead atoms. The maximum Gasteiger partial charge on any atom is 0.409 e. The van der Waals surface area contributed by atoms with Crippen LogP contribution in [0.1, 0.15) is 18.9 Å². The van der Waals surface area contributed by atoms with Gasteiger partial charge < -0.3 is 23.5 Å². The summed E-state index contributed by atoms with van der Waals surface area (Å²) in [7, 11) is 0. The van der Waals surface area contributed by atoms with E-state index in [0.717, 1.165) is 0 Å². The molecule has 0 spiro atoms. The van der Waals surface area contributed by atoms with Gasteiger partial charge in [-0.2, -0.15) is 0 Å². The minimum atomic E-state index is -0.446. The molecule has 0 aliphatic carbocycles. The molecule has 9 nitrogen and oxygen atoms in total. The molecule has 150 valence electrons. The lowest BCUT2D eigenvalue weighted by molar-refractivity contribution is 0.0673. The quantitative estimate of drug-likeness (QED) is 0.716. The van der Waals surface area contributed by atoms with Gasteiger partial charge in [-0.3, -0.25) is 4.90 Å². The van der Waals surface area contributed by atoms with Gasteiger partial charge >= 0.3 is 6.09 Å². The Bertz CT molecular complexity index is 890. The second-order valence-corrected chi connectivity index (χ2v) is 6.86. The first kappa shape index (κ1) is 18.8. The minimum absolute atomic E-state index is 0.266. The predicted octanol–water partition coefficient (Wildman–Crippen LogP) is 2.45. The number of amides is 1. The molecule has 0 radical (unpaired) electrons. The van der Waals surface area contributed by atoms with Crippen molar-refractivity contribution in [2.75, 3.05) is 39.4 Å². The fourth-order valence-electron chi connectivity index (χ4n) is 3.16. The highest BCUT2D eigenvalue weighted by atomic mass is 32.1. The molecule has 0 unspecified atom stereocenters.